The number of ether oxygens (including phenoxy) is 1. The highest BCUT2D eigenvalue weighted by Gasteiger charge is 2.28. The van der Waals surface area contributed by atoms with Crippen LogP contribution in [0.25, 0.3) is 0 Å². The zero-order chi connectivity index (χ0) is 20.9. The molecule has 30 heavy (non-hydrogen) atoms. The van der Waals surface area contributed by atoms with Crippen molar-refractivity contribution in [2.75, 3.05) is 20.2 Å². The number of rotatable bonds is 6. The van der Waals surface area contributed by atoms with Crippen molar-refractivity contribution in [2.24, 2.45) is 0 Å². The lowest BCUT2D eigenvalue weighted by Gasteiger charge is -2.31. The SMILES string of the molecule is COc1cccc(CC(=O)N2CCC[C@H](c3ncc(Cc4ccc(F)cc4)o3)C2)c1. The molecule has 1 aromatic heterocycles. The van der Waals surface area contributed by atoms with E-state index in [1.54, 1.807) is 25.4 Å². The topological polar surface area (TPSA) is 55.6 Å². The fraction of sp³-hybridized carbons (Fsp3) is 0.333. The van der Waals surface area contributed by atoms with Gasteiger partial charge in [0.05, 0.1) is 25.6 Å². The molecule has 1 aliphatic heterocycles. The number of nitrogens with zero attached hydrogens (tertiary/aromatic N) is 2. The first-order chi connectivity index (χ1) is 14.6. The highest BCUT2D eigenvalue weighted by molar-refractivity contribution is 5.79. The van der Waals surface area contributed by atoms with E-state index in [0.29, 0.717) is 25.3 Å². The third-order valence-corrected chi connectivity index (χ3v) is 5.48. The van der Waals surface area contributed by atoms with Crippen molar-refractivity contribution in [1.82, 2.24) is 9.88 Å². The van der Waals surface area contributed by atoms with Crippen LogP contribution in [0.15, 0.2) is 59.1 Å². The number of carbonyl (C=O) groups excluding carboxylic acids is 1. The number of methoxy groups -OCH3 is 1. The van der Waals surface area contributed by atoms with E-state index in [9.17, 15) is 9.18 Å². The molecule has 0 unspecified atom stereocenters. The number of aromatic nitrogens is 1. The van der Waals surface area contributed by atoms with Crippen LogP contribution >= 0.6 is 0 Å². The lowest BCUT2D eigenvalue weighted by Crippen LogP contribution is -2.40. The predicted molar refractivity (Wildman–Crippen MR) is 111 cm³/mol. The van der Waals surface area contributed by atoms with Gasteiger partial charge in [0, 0.05) is 19.5 Å². The molecular formula is C24H25FN2O3. The van der Waals surface area contributed by atoms with E-state index in [4.69, 9.17) is 9.15 Å². The highest BCUT2D eigenvalue weighted by atomic mass is 19.1. The Balaban J connectivity index is 1.38. The maximum absolute atomic E-state index is 13.1. The van der Waals surface area contributed by atoms with Crippen LogP contribution in [0.2, 0.25) is 0 Å². The molecule has 1 fully saturated rings. The van der Waals surface area contributed by atoms with Gasteiger partial charge >= 0.3 is 0 Å². The first kappa shape index (κ1) is 20.1. The van der Waals surface area contributed by atoms with Gasteiger partial charge in [0.2, 0.25) is 5.91 Å². The standard InChI is InChI=1S/C24H25FN2O3/c1-29-21-6-2-4-18(13-21)14-23(28)27-11-3-5-19(16-27)24-26-15-22(30-24)12-17-7-9-20(25)10-8-17/h2,4,6-10,13,15,19H,3,5,11-12,14,16H2,1H3/t19-/m0/s1. The summed E-state index contributed by atoms with van der Waals surface area (Å²) in [6.07, 6.45) is 4.52. The van der Waals surface area contributed by atoms with Gasteiger partial charge in [-0.1, -0.05) is 24.3 Å². The molecular weight excluding hydrogens is 383 g/mol. The van der Waals surface area contributed by atoms with E-state index in [1.165, 1.54) is 12.1 Å². The third-order valence-electron chi connectivity index (χ3n) is 5.48. The fourth-order valence-corrected chi connectivity index (χ4v) is 3.87. The molecule has 6 heteroatoms. The molecule has 2 heterocycles. The lowest BCUT2D eigenvalue weighted by molar-refractivity contribution is -0.131. The second-order valence-electron chi connectivity index (χ2n) is 7.68. The van der Waals surface area contributed by atoms with Crippen LogP contribution in [0.4, 0.5) is 4.39 Å². The Kier molecular flexibility index (Phi) is 6.12. The van der Waals surface area contributed by atoms with Gasteiger partial charge in [0.25, 0.3) is 0 Å². The van der Waals surface area contributed by atoms with Gasteiger partial charge in [-0.25, -0.2) is 9.37 Å². The summed E-state index contributed by atoms with van der Waals surface area (Å²) >= 11 is 0. The van der Waals surface area contributed by atoms with E-state index >= 15 is 0 Å². The molecule has 2 aromatic carbocycles. The van der Waals surface area contributed by atoms with Crippen LogP contribution in [0.1, 0.15) is 41.5 Å². The number of amides is 1. The summed E-state index contributed by atoms with van der Waals surface area (Å²) in [4.78, 5) is 19.2. The largest absolute Gasteiger partial charge is 0.497 e. The number of oxazole rings is 1. The zero-order valence-electron chi connectivity index (χ0n) is 17.0. The summed E-state index contributed by atoms with van der Waals surface area (Å²) in [5.41, 5.74) is 1.91. The number of hydrogen-bond acceptors (Lipinski definition) is 4. The molecule has 156 valence electrons. The number of carbonyl (C=O) groups is 1. The Hall–Kier alpha value is -3.15. The minimum absolute atomic E-state index is 0.0926. The molecule has 0 radical (unpaired) electrons. The van der Waals surface area contributed by atoms with E-state index in [1.807, 2.05) is 29.2 Å². The molecule has 1 saturated heterocycles. The summed E-state index contributed by atoms with van der Waals surface area (Å²) in [6, 6.07) is 14.0. The molecule has 0 spiro atoms. The zero-order valence-corrected chi connectivity index (χ0v) is 17.0. The molecule has 1 aliphatic rings. The van der Waals surface area contributed by atoms with Crippen LogP contribution in [0.5, 0.6) is 5.75 Å². The van der Waals surface area contributed by atoms with Crippen molar-refractivity contribution >= 4 is 5.91 Å². The minimum Gasteiger partial charge on any atom is -0.497 e. The Morgan fingerprint density at radius 3 is 2.87 bits per heavy atom. The molecule has 4 rings (SSSR count). The summed E-state index contributed by atoms with van der Waals surface area (Å²) in [5.74, 6) is 2.12. The van der Waals surface area contributed by atoms with E-state index < -0.39 is 0 Å². The van der Waals surface area contributed by atoms with Crippen molar-refractivity contribution in [3.8, 4) is 5.75 Å². The maximum atomic E-state index is 13.1. The maximum Gasteiger partial charge on any atom is 0.227 e. The molecule has 0 bridgehead atoms. The number of benzene rings is 2. The smallest absolute Gasteiger partial charge is 0.227 e. The molecule has 0 N–H and O–H groups in total. The quantitative estimate of drug-likeness (QED) is 0.608. The van der Waals surface area contributed by atoms with Gasteiger partial charge in [-0.2, -0.15) is 0 Å². The number of piperidine rings is 1. The van der Waals surface area contributed by atoms with Gasteiger partial charge in [0.1, 0.15) is 17.3 Å². The van der Waals surface area contributed by atoms with Crippen LogP contribution in [-0.4, -0.2) is 36.0 Å². The Bertz CT molecular complexity index is 1000. The summed E-state index contributed by atoms with van der Waals surface area (Å²) in [5, 5.41) is 0. The van der Waals surface area contributed by atoms with Crippen LogP contribution in [0.3, 0.4) is 0 Å². The molecule has 1 amide bonds. The van der Waals surface area contributed by atoms with E-state index in [0.717, 1.165) is 42.0 Å². The van der Waals surface area contributed by atoms with Crippen LogP contribution < -0.4 is 4.74 Å². The van der Waals surface area contributed by atoms with Gasteiger partial charge in [-0.15, -0.1) is 0 Å². The molecule has 0 saturated carbocycles. The van der Waals surface area contributed by atoms with Crippen molar-refractivity contribution in [3.05, 3.63) is 83.3 Å². The van der Waals surface area contributed by atoms with Gasteiger partial charge in [-0.05, 0) is 48.2 Å². The lowest BCUT2D eigenvalue weighted by atomic mass is 9.97. The normalized spacial score (nSPS) is 16.5. The molecule has 0 aliphatic carbocycles. The van der Waals surface area contributed by atoms with Gasteiger partial charge in [0.15, 0.2) is 5.89 Å². The summed E-state index contributed by atoms with van der Waals surface area (Å²) in [6.45, 7) is 1.36. The fourth-order valence-electron chi connectivity index (χ4n) is 3.87. The Labute approximate surface area is 175 Å². The van der Waals surface area contributed by atoms with Crippen molar-refractivity contribution in [2.45, 2.75) is 31.6 Å². The highest BCUT2D eigenvalue weighted by Crippen LogP contribution is 2.28. The second-order valence-corrected chi connectivity index (χ2v) is 7.68. The molecule has 1 atom stereocenters. The second kappa shape index (κ2) is 9.11. The number of hydrogen-bond donors (Lipinski definition) is 0. The molecule has 5 nitrogen and oxygen atoms in total. The van der Waals surface area contributed by atoms with Crippen LogP contribution in [-0.2, 0) is 17.6 Å². The van der Waals surface area contributed by atoms with Crippen LogP contribution in [0, 0.1) is 5.82 Å². The predicted octanol–water partition coefficient (Wildman–Crippen LogP) is 4.36. The summed E-state index contributed by atoms with van der Waals surface area (Å²) < 4.78 is 24.3. The van der Waals surface area contributed by atoms with Crippen molar-refractivity contribution < 1.29 is 18.3 Å². The number of likely N-dealkylation sites (tertiary alicyclic amines) is 1. The van der Waals surface area contributed by atoms with E-state index in [2.05, 4.69) is 4.98 Å². The van der Waals surface area contributed by atoms with Crippen molar-refractivity contribution in [3.63, 3.8) is 0 Å². The Morgan fingerprint density at radius 1 is 1.23 bits per heavy atom. The van der Waals surface area contributed by atoms with Gasteiger partial charge < -0.3 is 14.1 Å². The first-order valence-corrected chi connectivity index (χ1v) is 10.2. The molecule has 3 aromatic rings. The van der Waals surface area contributed by atoms with E-state index in [-0.39, 0.29) is 17.6 Å². The first-order valence-electron chi connectivity index (χ1n) is 10.2. The summed E-state index contributed by atoms with van der Waals surface area (Å²) in [7, 11) is 1.62. The minimum atomic E-state index is -0.252. The Morgan fingerprint density at radius 2 is 2.07 bits per heavy atom. The van der Waals surface area contributed by atoms with Gasteiger partial charge in [-0.3, -0.25) is 4.79 Å². The third kappa shape index (κ3) is 4.87. The number of halogens is 1. The average molecular weight is 408 g/mol. The average Bonchev–Trinajstić information content (AvgIpc) is 3.24. The van der Waals surface area contributed by atoms with Crippen molar-refractivity contribution in [1.29, 1.82) is 0 Å². The monoisotopic (exact) mass is 408 g/mol.